The number of benzene rings is 3. The van der Waals surface area contributed by atoms with Crippen molar-refractivity contribution >= 4 is 12.0 Å². The van der Waals surface area contributed by atoms with E-state index >= 15 is 0 Å². The van der Waals surface area contributed by atoms with Gasteiger partial charge in [-0.15, -0.1) is 0 Å². The van der Waals surface area contributed by atoms with E-state index in [1.165, 1.54) is 7.11 Å². The summed E-state index contributed by atoms with van der Waals surface area (Å²) in [5.74, 6) is -0.219. The summed E-state index contributed by atoms with van der Waals surface area (Å²) in [6, 6.07) is 24.1. The van der Waals surface area contributed by atoms with Gasteiger partial charge in [-0.25, -0.2) is 4.79 Å². The van der Waals surface area contributed by atoms with Gasteiger partial charge in [-0.05, 0) is 55.5 Å². The Bertz CT molecular complexity index is 1210. The summed E-state index contributed by atoms with van der Waals surface area (Å²) >= 11 is 0. The number of hydrogen-bond acceptors (Lipinski definition) is 5. The molecule has 206 valence electrons. The van der Waals surface area contributed by atoms with Crippen molar-refractivity contribution in [3.8, 4) is 11.1 Å². The molecular formula is C32H38N2O5. The van der Waals surface area contributed by atoms with Gasteiger partial charge in [0.2, 0.25) is 5.91 Å². The summed E-state index contributed by atoms with van der Waals surface area (Å²) in [6.07, 6.45) is -1.18. The minimum Gasteiger partial charge on any atom is -0.453 e. The molecule has 0 heterocycles. The maximum Gasteiger partial charge on any atom is 0.410 e. The van der Waals surface area contributed by atoms with E-state index < -0.39 is 30.5 Å². The molecule has 0 saturated carbocycles. The average Bonchev–Trinajstić information content (AvgIpc) is 3.30. The van der Waals surface area contributed by atoms with Crippen LogP contribution in [-0.2, 0) is 25.5 Å². The second-order valence-electron chi connectivity index (χ2n) is 9.60. The minimum absolute atomic E-state index is 0.219. The van der Waals surface area contributed by atoms with E-state index in [2.05, 4.69) is 12.1 Å². The molecule has 0 radical (unpaired) electrons. The lowest BCUT2D eigenvalue weighted by atomic mass is 10.0. The lowest BCUT2D eigenvalue weighted by Gasteiger charge is -2.40. The van der Waals surface area contributed by atoms with Crippen LogP contribution in [0.15, 0.2) is 78.9 Å². The number of carbonyl (C=O) groups excluding carboxylic acids is 2. The third kappa shape index (κ3) is 5.84. The fourth-order valence-electron chi connectivity index (χ4n) is 5.38. The first-order valence-corrected chi connectivity index (χ1v) is 13.5. The Kier molecular flexibility index (Phi) is 9.38. The fraction of sp³-hybridized carbons (Fsp3) is 0.375. The van der Waals surface area contributed by atoms with E-state index in [1.54, 1.807) is 16.7 Å². The molecule has 0 saturated heterocycles. The smallest absolute Gasteiger partial charge is 0.410 e. The summed E-state index contributed by atoms with van der Waals surface area (Å²) in [5, 5.41) is 0. The monoisotopic (exact) mass is 530 g/mol. The highest BCUT2D eigenvalue weighted by molar-refractivity contribution is 5.88. The van der Waals surface area contributed by atoms with E-state index in [4.69, 9.17) is 14.2 Å². The molecule has 7 nitrogen and oxygen atoms in total. The van der Waals surface area contributed by atoms with Gasteiger partial charge in [0.1, 0.15) is 6.04 Å². The topological polar surface area (TPSA) is 68.3 Å². The number of methoxy groups -OCH3 is 1. The van der Waals surface area contributed by atoms with E-state index in [1.807, 2.05) is 87.5 Å². The van der Waals surface area contributed by atoms with Gasteiger partial charge in [0.15, 0.2) is 6.29 Å². The van der Waals surface area contributed by atoms with Gasteiger partial charge >= 0.3 is 6.09 Å². The molecule has 2 atom stereocenters. The molecule has 0 aliphatic heterocycles. The highest BCUT2D eigenvalue weighted by atomic mass is 16.7. The summed E-state index contributed by atoms with van der Waals surface area (Å²) in [5.41, 5.74) is 5.00. The molecule has 1 aliphatic rings. The fourth-order valence-corrected chi connectivity index (χ4v) is 5.38. The van der Waals surface area contributed by atoms with Crippen molar-refractivity contribution in [2.24, 2.45) is 0 Å². The molecule has 0 bridgehead atoms. The number of nitrogens with zero attached hydrogens (tertiary/aromatic N) is 2. The summed E-state index contributed by atoms with van der Waals surface area (Å²) in [4.78, 5) is 31.2. The molecule has 1 aliphatic carbocycles. The largest absolute Gasteiger partial charge is 0.453 e. The van der Waals surface area contributed by atoms with Crippen LogP contribution in [0.25, 0.3) is 11.1 Å². The van der Waals surface area contributed by atoms with Crippen molar-refractivity contribution in [3.05, 3.63) is 95.6 Å². The van der Waals surface area contributed by atoms with Crippen LogP contribution < -0.4 is 0 Å². The van der Waals surface area contributed by atoms with Crippen LogP contribution in [0, 0.1) is 0 Å². The molecule has 7 heteroatoms. The number of carbonyl (C=O) groups is 2. The van der Waals surface area contributed by atoms with Gasteiger partial charge in [0, 0.05) is 19.8 Å². The maximum atomic E-state index is 14.4. The highest BCUT2D eigenvalue weighted by Gasteiger charge is 2.42. The number of amides is 2. The molecule has 3 aromatic carbocycles. The van der Waals surface area contributed by atoms with Crippen molar-refractivity contribution in [2.45, 2.75) is 58.7 Å². The second-order valence-corrected chi connectivity index (χ2v) is 9.60. The van der Waals surface area contributed by atoms with Crippen molar-refractivity contribution in [1.29, 1.82) is 0 Å². The Morgan fingerprint density at radius 2 is 1.31 bits per heavy atom. The van der Waals surface area contributed by atoms with Gasteiger partial charge in [-0.2, -0.15) is 0 Å². The summed E-state index contributed by atoms with van der Waals surface area (Å²) in [6.45, 7) is 8.73. The standard InChI is InChI=1S/C32H38N2O5/c1-6-38-31(39-7-2)23(4)33(21-24-15-9-8-10-16-24)30(35)22(3)34(32(36)37-5)29-27-19-13-11-17-25(27)26-18-12-14-20-28(26)29/h8-20,22-23,29,31H,6-7,21H2,1-5H3/t22-,23-/m0/s1. The molecule has 0 aromatic heterocycles. The molecule has 4 rings (SSSR count). The van der Waals surface area contributed by atoms with Crippen LogP contribution >= 0.6 is 0 Å². The summed E-state index contributed by atoms with van der Waals surface area (Å²) in [7, 11) is 1.35. The van der Waals surface area contributed by atoms with Crippen LogP contribution in [0.5, 0.6) is 0 Å². The summed E-state index contributed by atoms with van der Waals surface area (Å²) < 4.78 is 17.1. The van der Waals surface area contributed by atoms with Crippen molar-refractivity contribution in [2.75, 3.05) is 20.3 Å². The third-order valence-corrected chi connectivity index (χ3v) is 7.27. The molecule has 0 spiro atoms. The Balaban J connectivity index is 1.75. The second kappa shape index (κ2) is 12.9. The Morgan fingerprint density at radius 1 is 0.795 bits per heavy atom. The van der Waals surface area contributed by atoms with Gasteiger partial charge in [0.25, 0.3) is 0 Å². The lowest BCUT2D eigenvalue weighted by molar-refractivity contribution is -0.180. The molecule has 39 heavy (non-hydrogen) atoms. The van der Waals surface area contributed by atoms with Gasteiger partial charge in [-0.1, -0.05) is 78.9 Å². The number of ether oxygens (including phenoxy) is 3. The van der Waals surface area contributed by atoms with Crippen LogP contribution in [0.2, 0.25) is 0 Å². The Labute approximate surface area is 231 Å². The minimum atomic E-state index is -0.836. The lowest BCUT2D eigenvalue weighted by Crippen LogP contribution is -2.55. The SMILES string of the molecule is CCOC(OCC)[C@H](C)N(Cc1ccccc1)C(=O)[C@H](C)N(C(=O)OC)C1c2ccccc2-c2ccccc21. The van der Waals surface area contributed by atoms with Gasteiger partial charge < -0.3 is 19.1 Å². The average molecular weight is 531 g/mol. The molecular weight excluding hydrogens is 492 g/mol. The molecule has 0 unspecified atom stereocenters. The Morgan fingerprint density at radius 3 is 1.82 bits per heavy atom. The van der Waals surface area contributed by atoms with Crippen LogP contribution in [0.4, 0.5) is 4.79 Å². The molecule has 0 fully saturated rings. The quantitative estimate of drug-likeness (QED) is 0.283. The van der Waals surface area contributed by atoms with E-state index in [9.17, 15) is 9.59 Å². The van der Waals surface area contributed by atoms with Crippen LogP contribution in [-0.4, -0.2) is 60.5 Å². The first-order chi connectivity index (χ1) is 18.9. The zero-order chi connectivity index (χ0) is 27.9. The molecule has 3 aromatic rings. The normalized spacial score (nSPS) is 13.9. The first-order valence-electron chi connectivity index (χ1n) is 13.5. The van der Waals surface area contributed by atoms with E-state index in [0.717, 1.165) is 27.8 Å². The van der Waals surface area contributed by atoms with Crippen LogP contribution in [0.1, 0.15) is 50.4 Å². The van der Waals surface area contributed by atoms with Crippen LogP contribution in [0.3, 0.4) is 0 Å². The van der Waals surface area contributed by atoms with E-state index in [0.29, 0.717) is 19.8 Å². The van der Waals surface area contributed by atoms with Crippen molar-refractivity contribution < 1.29 is 23.8 Å². The van der Waals surface area contributed by atoms with Crippen molar-refractivity contribution in [3.63, 3.8) is 0 Å². The van der Waals surface area contributed by atoms with Crippen molar-refractivity contribution in [1.82, 2.24) is 9.80 Å². The zero-order valence-corrected chi connectivity index (χ0v) is 23.4. The highest BCUT2D eigenvalue weighted by Crippen LogP contribution is 2.47. The maximum absolute atomic E-state index is 14.4. The first kappa shape index (κ1) is 28.3. The van der Waals surface area contributed by atoms with E-state index in [-0.39, 0.29) is 5.91 Å². The predicted octanol–water partition coefficient (Wildman–Crippen LogP) is 6.03. The third-order valence-electron chi connectivity index (χ3n) is 7.27. The predicted molar refractivity (Wildman–Crippen MR) is 151 cm³/mol. The zero-order valence-electron chi connectivity index (χ0n) is 23.4. The number of hydrogen-bond donors (Lipinski definition) is 0. The number of fused-ring (bicyclic) bond motifs is 3. The van der Waals surface area contributed by atoms with Gasteiger partial charge in [-0.3, -0.25) is 9.69 Å². The Hall–Kier alpha value is -3.68. The number of rotatable bonds is 11. The van der Waals surface area contributed by atoms with Gasteiger partial charge in [0.05, 0.1) is 19.2 Å². The molecule has 2 amide bonds. The molecule has 0 N–H and O–H groups in total.